The number of benzene rings is 2. The molecule has 0 aliphatic heterocycles. The third kappa shape index (κ3) is 2.13. The van der Waals surface area contributed by atoms with E-state index in [1.807, 2.05) is 48.5 Å². The molecule has 2 atom stereocenters. The first-order valence-corrected chi connectivity index (χ1v) is 7.27. The van der Waals surface area contributed by atoms with Gasteiger partial charge in [0.05, 0.1) is 5.52 Å². The third-order valence-electron chi connectivity index (χ3n) is 4.27. The van der Waals surface area contributed by atoms with Crippen LogP contribution in [0.25, 0.3) is 10.9 Å². The van der Waals surface area contributed by atoms with Crippen molar-refractivity contribution in [1.82, 2.24) is 4.98 Å². The summed E-state index contributed by atoms with van der Waals surface area (Å²) in [5, 5.41) is 0.962. The maximum atomic E-state index is 12.8. The number of carbonyl (C=O) groups is 1. The number of fused-ring (bicyclic) bond motifs is 1. The van der Waals surface area contributed by atoms with E-state index in [1.165, 1.54) is 5.56 Å². The molecule has 21 heavy (non-hydrogen) atoms. The molecule has 3 aromatic rings. The summed E-state index contributed by atoms with van der Waals surface area (Å²) in [5.41, 5.74) is 2.97. The molecule has 1 saturated carbocycles. The van der Waals surface area contributed by atoms with E-state index >= 15 is 0 Å². The van der Waals surface area contributed by atoms with Crippen LogP contribution in [0.5, 0.6) is 0 Å². The Labute approximate surface area is 123 Å². The quantitative estimate of drug-likeness (QED) is 0.669. The molecule has 1 aromatic heterocycles. The van der Waals surface area contributed by atoms with Crippen LogP contribution in [0.2, 0.25) is 0 Å². The van der Waals surface area contributed by atoms with Crippen molar-refractivity contribution in [3.63, 3.8) is 0 Å². The molecule has 2 unspecified atom stereocenters. The van der Waals surface area contributed by atoms with Crippen LogP contribution in [-0.4, -0.2) is 10.8 Å². The predicted octanol–water partition coefficient (Wildman–Crippen LogP) is 4.22. The number of ketones is 1. The number of hydrogen-bond donors (Lipinski definition) is 0. The monoisotopic (exact) mass is 273 g/mol. The minimum Gasteiger partial charge on any atom is -0.294 e. The van der Waals surface area contributed by atoms with Gasteiger partial charge in [-0.25, -0.2) is 0 Å². The van der Waals surface area contributed by atoms with Crippen molar-refractivity contribution in [3.05, 3.63) is 78.0 Å². The Morgan fingerprint density at radius 3 is 2.67 bits per heavy atom. The lowest BCUT2D eigenvalue weighted by molar-refractivity contribution is 0.0967. The van der Waals surface area contributed by atoms with Gasteiger partial charge in [-0.2, -0.15) is 0 Å². The zero-order chi connectivity index (χ0) is 14.2. The van der Waals surface area contributed by atoms with E-state index < -0.39 is 0 Å². The van der Waals surface area contributed by atoms with Gasteiger partial charge in [-0.15, -0.1) is 0 Å². The topological polar surface area (TPSA) is 30.0 Å². The molecule has 2 heteroatoms. The normalized spacial score (nSPS) is 20.4. The molecule has 0 N–H and O–H groups in total. The van der Waals surface area contributed by atoms with Crippen LogP contribution < -0.4 is 0 Å². The molecule has 1 aliphatic rings. The summed E-state index contributed by atoms with van der Waals surface area (Å²) in [4.78, 5) is 17.1. The Bertz CT molecular complexity index is 805. The highest BCUT2D eigenvalue weighted by Crippen LogP contribution is 2.49. The molecule has 0 radical (unpaired) electrons. The van der Waals surface area contributed by atoms with Crippen LogP contribution in [0.1, 0.15) is 28.3 Å². The molecule has 2 nitrogen and oxygen atoms in total. The number of aromatic nitrogens is 1. The molecule has 1 heterocycles. The molecule has 2 aromatic carbocycles. The van der Waals surface area contributed by atoms with Crippen molar-refractivity contribution in [1.29, 1.82) is 0 Å². The van der Waals surface area contributed by atoms with Crippen LogP contribution in [0.15, 0.2) is 66.9 Å². The number of Topliss-reactive ketones (excluding diaryl/α,β-unsaturated/α-hetero) is 1. The summed E-state index contributed by atoms with van der Waals surface area (Å²) >= 11 is 0. The second kappa shape index (κ2) is 4.81. The largest absolute Gasteiger partial charge is 0.294 e. The Morgan fingerprint density at radius 1 is 0.952 bits per heavy atom. The van der Waals surface area contributed by atoms with Gasteiger partial charge in [-0.1, -0.05) is 48.5 Å². The zero-order valence-corrected chi connectivity index (χ0v) is 11.6. The summed E-state index contributed by atoms with van der Waals surface area (Å²) in [6.07, 6.45) is 2.72. The molecule has 0 bridgehead atoms. The fourth-order valence-electron chi connectivity index (χ4n) is 3.07. The lowest BCUT2D eigenvalue weighted by atomic mass is 9.99. The Balaban J connectivity index is 1.67. The number of nitrogens with zero attached hydrogens (tertiary/aromatic N) is 1. The van der Waals surface area contributed by atoms with Crippen molar-refractivity contribution in [2.45, 2.75) is 12.3 Å². The van der Waals surface area contributed by atoms with E-state index in [1.54, 1.807) is 6.20 Å². The van der Waals surface area contributed by atoms with Gasteiger partial charge in [-0.05, 0) is 30.0 Å². The highest BCUT2D eigenvalue weighted by Gasteiger charge is 2.44. The zero-order valence-electron chi connectivity index (χ0n) is 11.6. The summed E-state index contributed by atoms with van der Waals surface area (Å²) < 4.78 is 0. The molecule has 102 valence electrons. The van der Waals surface area contributed by atoms with Gasteiger partial charge in [0, 0.05) is 23.1 Å². The Hall–Kier alpha value is -2.48. The second-order valence-electron chi connectivity index (χ2n) is 5.60. The van der Waals surface area contributed by atoms with Gasteiger partial charge < -0.3 is 0 Å². The van der Waals surface area contributed by atoms with Crippen molar-refractivity contribution in [2.24, 2.45) is 5.92 Å². The van der Waals surface area contributed by atoms with Crippen LogP contribution in [0.4, 0.5) is 0 Å². The van der Waals surface area contributed by atoms with Gasteiger partial charge >= 0.3 is 0 Å². The SMILES string of the molecule is O=C(c1cccc2ncccc12)C1CC1c1ccccc1. The average molecular weight is 273 g/mol. The molecule has 0 amide bonds. The molecule has 0 saturated heterocycles. The highest BCUT2D eigenvalue weighted by molar-refractivity contribution is 6.09. The van der Waals surface area contributed by atoms with Crippen molar-refractivity contribution >= 4 is 16.7 Å². The summed E-state index contributed by atoms with van der Waals surface area (Å²) in [6, 6.07) is 20.0. The molecule has 1 aliphatic carbocycles. The molecular weight excluding hydrogens is 258 g/mol. The van der Waals surface area contributed by atoms with E-state index in [2.05, 4.69) is 17.1 Å². The van der Waals surface area contributed by atoms with E-state index in [-0.39, 0.29) is 11.7 Å². The fraction of sp³-hybridized carbons (Fsp3) is 0.158. The van der Waals surface area contributed by atoms with Crippen LogP contribution in [-0.2, 0) is 0 Å². The maximum Gasteiger partial charge on any atom is 0.167 e. The highest BCUT2D eigenvalue weighted by atomic mass is 16.1. The van der Waals surface area contributed by atoms with Crippen molar-refractivity contribution in [2.75, 3.05) is 0 Å². The van der Waals surface area contributed by atoms with Gasteiger partial charge in [0.25, 0.3) is 0 Å². The Morgan fingerprint density at radius 2 is 1.81 bits per heavy atom. The van der Waals surface area contributed by atoms with E-state index in [0.29, 0.717) is 5.92 Å². The lowest BCUT2D eigenvalue weighted by Crippen LogP contribution is -2.04. The summed E-state index contributed by atoms with van der Waals surface area (Å²) in [7, 11) is 0. The van der Waals surface area contributed by atoms with Crippen LogP contribution >= 0.6 is 0 Å². The van der Waals surface area contributed by atoms with Crippen LogP contribution in [0.3, 0.4) is 0 Å². The molecule has 0 spiro atoms. The third-order valence-corrected chi connectivity index (χ3v) is 4.27. The van der Waals surface area contributed by atoms with Gasteiger partial charge in [0.1, 0.15) is 0 Å². The first kappa shape index (κ1) is 12.3. The van der Waals surface area contributed by atoms with Crippen LogP contribution in [0, 0.1) is 5.92 Å². The molecule has 1 fully saturated rings. The number of carbonyl (C=O) groups excluding carboxylic acids is 1. The van der Waals surface area contributed by atoms with Gasteiger partial charge in [-0.3, -0.25) is 9.78 Å². The number of hydrogen-bond acceptors (Lipinski definition) is 2. The average Bonchev–Trinajstić information content (AvgIpc) is 3.35. The number of rotatable bonds is 3. The predicted molar refractivity (Wildman–Crippen MR) is 83.4 cm³/mol. The van der Waals surface area contributed by atoms with E-state index in [9.17, 15) is 4.79 Å². The van der Waals surface area contributed by atoms with Gasteiger partial charge in [0.15, 0.2) is 5.78 Å². The fourth-order valence-corrected chi connectivity index (χ4v) is 3.07. The van der Waals surface area contributed by atoms with Crippen molar-refractivity contribution < 1.29 is 4.79 Å². The van der Waals surface area contributed by atoms with E-state index in [4.69, 9.17) is 0 Å². The second-order valence-corrected chi connectivity index (χ2v) is 5.60. The Kier molecular flexibility index (Phi) is 2.81. The summed E-state index contributed by atoms with van der Waals surface area (Å²) in [6.45, 7) is 0. The molecule has 4 rings (SSSR count). The summed E-state index contributed by atoms with van der Waals surface area (Å²) in [5.74, 6) is 0.756. The first-order chi connectivity index (χ1) is 10.3. The lowest BCUT2D eigenvalue weighted by Gasteiger charge is -2.05. The first-order valence-electron chi connectivity index (χ1n) is 7.27. The number of pyridine rings is 1. The minimum atomic E-state index is 0.123. The standard InChI is InChI=1S/C19H15NO/c21-19(17-12-16(17)13-6-2-1-3-7-13)15-8-4-10-18-14(15)9-5-11-20-18/h1-11,16-17H,12H2. The minimum absolute atomic E-state index is 0.123. The smallest absolute Gasteiger partial charge is 0.167 e. The molecular formula is C19H15NO. The van der Waals surface area contributed by atoms with Gasteiger partial charge in [0.2, 0.25) is 0 Å². The maximum absolute atomic E-state index is 12.8. The van der Waals surface area contributed by atoms with Crippen molar-refractivity contribution in [3.8, 4) is 0 Å². The van der Waals surface area contributed by atoms with E-state index in [0.717, 1.165) is 22.9 Å².